The van der Waals surface area contributed by atoms with Crippen LogP contribution in [0.2, 0.25) is 0 Å². The van der Waals surface area contributed by atoms with Crippen molar-refractivity contribution < 1.29 is 23.6 Å². The summed E-state index contributed by atoms with van der Waals surface area (Å²) < 4.78 is 17.6. The number of furan rings is 1. The molecule has 0 saturated carbocycles. The van der Waals surface area contributed by atoms with E-state index in [4.69, 9.17) is 18.9 Å². The number of esters is 1. The second kappa shape index (κ2) is 10.3. The first-order valence-corrected chi connectivity index (χ1v) is 12.4. The summed E-state index contributed by atoms with van der Waals surface area (Å²) in [7, 11) is 1.55. The molecule has 0 unspecified atom stereocenters. The average Bonchev–Trinajstić information content (AvgIpc) is 3.53. The lowest BCUT2D eigenvalue weighted by Crippen LogP contribution is -2.40. The third-order valence-corrected chi connectivity index (χ3v) is 6.85. The third kappa shape index (κ3) is 4.55. The Kier molecular flexibility index (Phi) is 6.75. The fourth-order valence-corrected chi connectivity index (χ4v) is 5.17. The van der Waals surface area contributed by atoms with Crippen molar-refractivity contribution in [1.29, 1.82) is 0 Å². The van der Waals surface area contributed by atoms with Crippen molar-refractivity contribution in [2.45, 2.75) is 13.0 Å². The smallest absolute Gasteiger partial charge is 0.433 e. The normalized spacial score (nSPS) is 15.1. The van der Waals surface area contributed by atoms with Crippen LogP contribution in [0.15, 0.2) is 86.5 Å². The zero-order valence-electron chi connectivity index (χ0n) is 20.3. The molecule has 11 heteroatoms. The summed E-state index contributed by atoms with van der Waals surface area (Å²) in [4.78, 5) is 42.6. The Balaban J connectivity index is 1.80. The summed E-state index contributed by atoms with van der Waals surface area (Å²) in [5, 5.41) is 11.0. The van der Waals surface area contributed by atoms with Gasteiger partial charge in [-0.25, -0.2) is 9.79 Å². The number of hydrogen-bond donors (Lipinski definition) is 0. The first-order chi connectivity index (χ1) is 18.4. The van der Waals surface area contributed by atoms with Gasteiger partial charge in [0.15, 0.2) is 4.80 Å². The molecule has 0 spiro atoms. The van der Waals surface area contributed by atoms with Gasteiger partial charge < -0.3 is 13.9 Å². The predicted octanol–water partition coefficient (Wildman–Crippen LogP) is 3.45. The molecule has 1 aliphatic rings. The van der Waals surface area contributed by atoms with E-state index in [1.54, 1.807) is 38.3 Å². The first-order valence-electron chi connectivity index (χ1n) is 11.6. The van der Waals surface area contributed by atoms with E-state index in [-0.39, 0.29) is 22.5 Å². The summed E-state index contributed by atoms with van der Waals surface area (Å²) in [6.07, 6.45) is 1.43. The molecule has 10 nitrogen and oxygen atoms in total. The fourth-order valence-electron chi connectivity index (χ4n) is 4.19. The van der Waals surface area contributed by atoms with E-state index in [9.17, 15) is 19.7 Å². The number of rotatable bonds is 7. The number of hydrogen-bond acceptors (Lipinski definition) is 9. The van der Waals surface area contributed by atoms with Crippen molar-refractivity contribution in [2.75, 3.05) is 13.7 Å². The maximum atomic E-state index is 13.7. The number of thiazole rings is 1. The second-order valence-electron chi connectivity index (χ2n) is 8.14. The second-order valence-corrected chi connectivity index (χ2v) is 9.15. The molecule has 2 aromatic heterocycles. The first kappa shape index (κ1) is 24.9. The van der Waals surface area contributed by atoms with Crippen LogP contribution in [-0.2, 0) is 9.53 Å². The lowest BCUT2D eigenvalue weighted by Gasteiger charge is -2.26. The van der Waals surface area contributed by atoms with Crippen LogP contribution in [0.5, 0.6) is 5.75 Å². The van der Waals surface area contributed by atoms with Gasteiger partial charge in [-0.15, -0.1) is 0 Å². The van der Waals surface area contributed by atoms with Gasteiger partial charge in [0.1, 0.15) is 16.4 Å². The van der Waals surface area contributed by atoms with Crippen molar-refractivity contribution in [3.8, 4) is 5.75 Å². The van der Waals surface area contributed by atoms with E-state index in [1.165, 1.54) is 22.8 Å². The molecule has 1 atom stereocenters. The molecule has 0 fully saturated rings. The van der Waals surface area contributed by atoms with Gasteiger partial charge in [-0.05, 0) is 30.7 Å². The van der Waals surface area contributed by atoms with E-state index < -0.39 is 28.4 Å². The van der Waals surface area contributed by atoms with E-state index in [2.05, 4.69) is 0 Å². The molecule has 3 heterocycles. The lowest BCUT2D eigenvalue weighted by atomic mass is 9.93. The van der Waals surface area contributed by atoms with Crippen LogP contribution >= 0.6 is 11.3 Å². The third-order valence-electron chi connectivity index (χ3n) is 5.87. The SMILES string of the molecule is CCOC(=O)C1=C(c2ccccc2)N=c2s/c(=C\c3ccc([N+](=O)[O-])o3)c(=O)n2[C@@H]1c1ccc(OC)cc1. The maximum absolute atomic E-state index is 13.7. The quantitative estimate of drug-likeness (QED) is 0.203. The Morgan fingerprint density at radius 1 is 1.16 bits per heavy atom. The van der Waals surface area contributed by atoms with Crippen LogP contribution < -0.4 is 19.6 Å². The summed E-state index contributed by atoms with van der Waals surface area (Å²) >= 11 is 1.09. The van der Waals surface area contributed by atoms with Crippen LogP contribution in [0.1, 0.15) is 29.9 Å². The van der Waals surface area contributed by atoms with Crippen molar-refractivity contribution in [2.24, 2.45) is 4.99 Å². The van der Waals surface area contributed by atoms with Crippen molar-refractivity contribution in [1.82, 2.24) is 4.57 Å². The molecular weight excluding hydrogens is 510 g/mol. The minimum Gasteiger partial charge on any atom is -0.497 e. The Labute approximate surface area is 219 Å². The minimum absolute atomic E-state index is 0.140. The Morgan fingerprint density at radius 2 is 1.89 bits per heavy atom. The number of fused-ring (bicyclic) bond motifs is 1. The van der Waals surface area contributed by atoms with Gasteiger partial charge in [0.2, 0.25) is 0 Å². The summed E-state index contributed by atoms with van der Waals surface area (Å²) in [5.74, 6) is -0.260. The zero-order valence-corrected chi connectivity index (χ0v) is 21.1. The molecule has 38 heavy (non-hydrogen) atoms. The molecule has 0 amide bonds. The minimum atomic E-state index is -0.848. The molecule has 0 aliphatic carbocycles. The van der Waals surface area contributed by atoms with Gasteiger partial charge in [0.25, 0.3) is 5.56 Å². The van der Waals surface area contributed by atoms with E-state index in [0.717, 1.165) is 11.3 Å². The monoisotopic (exact) mass is 531 g/mol. The van der Waals surface area contributed by atoms with Gasteiger partial charge >= 0.3 is 11.9 Å². The number of benzene rings is 2. The van der Waals surface area contributed by atoms with Crippen molar-refractivity contribution in [3.05, 3.63) is 119 Å². The van der Waals surface area contributed by atoms with E-state index >= 15 is 0 Å². The highest BCUT2D eigenvalue weighted by Gasteiger charge is 2.35. The molecule has 0 radical (unpaired) electrons. The molecule has 0 N–H and O–H groups in total. The average molecular weight is 532 g/mol. The number of carbonyl (C=O) groups excluding carboxylic acids is 1. The van der Waals surface area contributed by atoms with Crippen LogP contribution in [0.25, 0.3) is 11.8 Å². The lowest BCUT2D eigenvalue weighted by molar-refractivity contribution is -0.402. The van der Waals surface area contributed by atoms with Gasteiger partial charge in [-0.3, -0.25) is 19.5 Å². The standard InChI is InChI=1S/C27H21N3O7S/c1-3-36-26(32)22-23(16-7-5-4-6-8-16)28-27-29(24(22)17-9-11-18(35-2)12-10-17)25(31)20(38-27)15-19-13-14-21(37-19)30(33)34/h4-15,24H,3H2,1-2H3/b20-15-/t24-/m1/s1. The van der Waals surface area contributed by atoms with Gasteiger partial charge in [0.05, 0.1) is 41.6 Å². The van der Waals surface area contributed by atoms with E-state index in [0.29, 0.717) is 27.4 Å². The Bertz CT molecular complexity index is 1730. The molecular formula is C27H21N3O7S. The fraction of sp³-hybridized carbons (Fsp3) is 0.148. The number of methoxy groups -OCH3 is 1. The largest absolute Gasteiger partial charge is 0.497 e. The topological polar surface area (TPSA) is 126 Å². The van der Waals surface area contributed by atoms with Crippen LogP contribution in [-0.4, -0.2) is 29.2 Å². The molecule has 0 bridgehead atoms. The molecule has 192 valence electrons. The van der Waals surface area contributed by atoms with Crippen LogP contribution in [0, 0.1) is 10.1 Å². The highest BCUT2D eigenvalue weighted by molar-refractivity contribution is 7.07. The summed E-state index contributed by atoms with van der Waals surface area (Å²) in [6, 6.07) is 18.0. The summed E-state index contributed by atoms with van der Waals surface area (Å²) in [5.41, 5.74) is 1.52. The van der Waals surface area contributed by atoms with Gasteiger partial charge in [0, 0.05) is 11.6 Å². The predicted molar refractivity (Wildman–Crippen MR) is 139 cm³/mol. The van der Waals surface area contributed by atoms with Gasteiger partial charge in [-0.2, -0.15) is 0 Å². The highest BCUT2D eigenvalue weighted by Crippen LogP contribution is 2.35. The van der Waals surface area contributed by atoms with Gasteiger partial charge in [-0.1, -0.05) is 53.8 Å². The summed E-state index contributed by atoms with van der Waals surface area (Å²) in [6.45, 7) is 1.85. The van der Waals surface area contributed by atoms with Crippen LogP contribution in [0.3, 0.4) is 0 Å². The number of nitrogens with zero attached hydrogens (tertiary/aromatic N) is 3. The Morgan fingerprint density at radius 3 is 2.53 bits per heavy atom. The van der Waals surface area contributed by atoms with Crippen molar-refractivity contribution >= 4 is 35.0 Å². The highest BCUT2D eigenvalue weighted by atomic mass is 32.1. The number of carbonyl (C=O) groups is 1. The van der Waals surface area contributed by atoms with E-state index in [1.807, 2.05) is 30.3 Å². The van der Waals surface area contributed by atoms with Crippen LogP contribution in [0.4, 0.5) is 5.88 Å². The number of nitro groups is 1. The molecule has 5 rings (SSSR count). The van der Waals surface area contributed by atoms with Crippen molar-refractivity contribution in [3.63, 3.8) is 0 Å². The molecule has 1 aliphatic heterocycles. The Hall–Kier alpha value is -4.77. The zero-order chi connectivity index (χ0) is 26.8. The number of aromatic nitrogens is 1. The molecule has 2 aromatic carbocycles. The number of ether oxygens (including phenoxy) is 2. The molecule has 0 saturated heterocycles. The molecule has 4 aromatic rings. The maximum Gasteiger partial charge on any atom is 0.433 e.